The molecule has 1 aliphatic carbocycles. The van der Waals surface area contributed by atoms with Crippen LogP contribution in [0.15, 0.2) is 18.3 Å². The molecular formula is C16H24N4O. The van der Waals surface area contributed by atoms with E-state index < -0.39 is 0 Å². The minimum atomic E-state index is 0.216. The van der Waals surface area contributed by atoms with Gasteiger partial charge >= 0.3 is 0 Å². The van der Waals surface area contributed by atoms with Crippen molar-refractivity contribution in [3.8, 4) is 0 Å². The van der Waals surface area contributed by atoms with Gasteiger partial charge in [0.05, 0.1) is 0 Å². The molecule has 1 saturated heterocycles. The highest BCUT2D eigenvalue weighted by Gasteiger charge is 2.52. The van der Waals surface area contributed by atoms with Crippen LogP contribution in [0.2, 0.25) is 0 Å². The summed E-state index contributed by atoms with van der Waals surface area (Å²) in [7, 11) is 0. The predicted molar refractivity (Wildman–Crippen MR) is 82.8 cm³/mol. The number of hydrogen-bond acceptors (Lipinski definition) is 4. The number of anilines is 1. The van der Waals surface area contributed by atoms with Gasteiger partial charge in [-0.1, -0.05) is 19.9 Å². The molecule has 0 aromatic carbocycles. The standard InChI is InChI=1S/C16H24N4O/c1-16(2)9-13(16)15(21)20-7-5-19(6-8-20)14-4-3-12(10-17)11-18-14/h3-4,11,13H,5-10,17H2,1-2H3. The molecular weight excluding hydrogens is 264 g/mol. The van der Waals surface area contributed by atoms with Crippen LogP contribution in [0.1, 0.15) is 25.8 Å². The van der Waals surface area contributed by atoms with Gasteiger partial charge in [0.25, 0.3) is 0 Å². The minimum absolute atomic E-state index is 0.216. The number of hydrogen-bond donors (Lipinski definition) is 1. The third kappa shape index (κ3) is 2.88. The Morgan fingerprint density at radius 1 is 1.33 bits per heavy atom. The average molecular weight is 288 g/mol. The zero-order valence-electron chi connectivity index (χ0n) is 12.9. The molecule has 1 unspecified atom stereocenters. The SMILES string of the molecule is CC1(C)CC1C(=O)N1CCN(c2ccc(CN)cn2)CC1. The Balaban J connectivity index is 1.56. The fourth-order valence-electron chi connectivity index (χ4n) is 2.99. The number of rotatable bonds is 3. The highest BCUT2D eigenvalue weighted by Crippen LogP contribution is 2.52. The first kappa shape index (κ1) is 14.3. The summed E-state index contributed by atoms with van der Waals surface area (Å²) in [5.74, 6) is 1.56. The molecule has 2 heterocycles. The van der Waals surface area contributed by atoms with Crippen molar-refractivity contribution < 1.29 is 4.79 Å². The molecule has 2 N–H and O–H groups in total. The number of nitrogens with zero attached hydrogens (tertiary/aromatic N) is 3. The van der Waals surface area contributed by atoms with Crippen molar-refractivity contribution in [2.24, 2.45) is 17.1 Å². The summed E-state index contributed by atoms with van der Waals surface area (Å²) in [6.45, 7) is 8.18. The van der Waals surface area contributed by atoms with Crippen LogP contribution in [0, 0.1) is 11.3 Å². The minimum Gasteiger partial charge on any atom is -0.353 e. The van der Waals surface area contributed by atoms with E-state index in [0.29, 0.717) is 12.5 Å². The lowest BCUT2D eigenvalue weighted by atomic mass is 10.1. The topological polar surface area (TPSA) is 62.5 Å². The molecule has 0 bridgehead atoms. The molecule has 0 spiro atoms. The maximum absolute atomic E-state index is 12.4. The summed E-state index contributed by atoms with van der Waals surface area (Å²) in [5, 5.41) is 0. The Kier molecular flexibility index (Phi) is 3.61. The summed E-state index contributed by atoms with van der Waals surface area (Å²) < 4.78 is 0. The molecule has 1 amide bonds. The second-order valence-corrected chi connectivity index (χ2v) is 6.79. The summed E-state index contributed by atoms with van der Waals surface area (Å²) >= 11 is 0. The predicted octanol–water partition coefficient (Wildman–Crippen LogP) is 1.24. The molecule has 0 radical (unpaired) electrons. The molecule has 5 heteroatoms. The van der Waals surface area contributed by atoms with E-state index in [4.69, 9.17) is 5.73 Å². The summed E-state index contributed by atoms with van der Waals surface area (Å²) in [4.78, 5) is 21.1. The fourth-order valence-corrected chi connectivity index (χ4v) is 2.99. The van der Waals surface area contributed by atoms with E-state index in [-0.39, 0.29) is 11.3 Å². The van der Waals surface area contributed by atoms with Crippen molar-refractivity contribution in [2.75, 3.05) is 31.1 Å². The zero-order valence-corrected chi connectivity index (χ0v) is 12.9. The van der Waals surface area contributed by atoms with Crippen LogP contribution in [0.4, 0.5) is 5.82 Å². The second-order valence-electron chi connectivity index (χ2n) is 6.79. The van der Waals surface area contributed by atoms with Crippen molar-refractivity contribution in [2.45, 2.75) is 26.8 Å². The Morgan fingerprint density at radius 2 is 2.00 bits per heavy atom. The molecule has 2 fully saturated rings. The maximum Gasteiger partial charge on any atom is 0.226 e. The zero-order chi connectivity index (χ0) is 15.0. The first-order chi connectivity index (χ1) is 10.0. The molecule has 1 saturated carbocycles. The molecule has 1 aliphatic heterocycles. The Morgan fingerprint density at radius 3 is 2.48 bits per heavy atom. The number of aromatic nitrogens is 1. The molecule has 21 heavy (non-hydrogen) atoms. The van der Waals surface area contributed by atoms with E-state index in [1.165, 1.54) is 0 Å². The van der Waals surface area contributed by atoms with Gasteiger partial charge in [-0.15, -0.1) is 0 Å². The number of carbonyl (C=O) groups excluding carboxylic acids is 1. The van der Waals surface area contributed by atoms with Gasteiger partial charge < -0.3 is 15.5 Å². The lowest BCUT2D eigenvalue weighted by Gasteiger charge is -2.35. The van der Waals surface area contributed by atoms with E-state index in [0.717, 1.165) is 44.0 Å². The van der Waals surface area contributed by atoms with Gasteiger partial charge in [-0.05, 0) is 23.5 Å². The summed E-state index contributed by atoms with van der Waals surface area (Å²) in [5.41, 5.74) is 6.85. The van der Waals surface area contributed by atoms with E-state index in [1.807, 2.05) is 23.2 Å². The van der Waals surface area contributed by atoms with Crippen LogP contribution in [0.5, 0.6) is 0 Å². The van der Waals surface area contributed by atoms with Crippen molar-refractivity contribution in [3.05, 3.63) is 23.9 Å². The van der Waals surface area contributed by atoms with E-state index in [2.05, 4.69) is 23.7 Å². The maximum atomic E-state index is 12.4. The first-order valence-electron chi connectivity index (χ1n) is 7.70. The van der Waals surface area contributed by atoms with Crippen molar-refractivity contribution in [1.82, 2.24) is 9.88 Å². The van der Waals surface area contributed by atoms with E-state index in [1.54, 1.807) is 0 Å². The first-order valence-corrected chi connectivity index (χ1v) is 7.70. The number of nitrogens with two attached hydrogens (primary N) is 1. The number of carbonyl (C=O) groups is 1. The van der Waals surface area contributed by atoms with Crippen molar-refractivity contribution in [1.29, 1.82) is 0 Å². The molecule has 1 aromatic rings. The molecule has 114 valence electrons. The van der Waals surface area contributed by atoms with Crippen LogP contribution in [-0.4, -0.2) is 42.0 Å². The quantitative estimate of drug-likeness (QED) is 0.909. The summed E-state index contributed by atoms with van der Waals surface area (Å²) in [6.07, 6.45) is 2.87. The van der Waals surface area contributed by atoms with E-state index in [9.17, 15) is 4.79 Å². The van der Waals surface area contributed by atoms with Crippen LogP contribution < -0.4 is 10.6 Å². The van der Waals surface area contributed by atoms with Gasteiger partial charge in [0.1, 0.15) is 5.82 Å². The van der Waals surface area contributed by atoms with Gasteiger partial charge in [0.2, 0.25) is 5.91 Å². The molecule has 5 nitrogen and oxygen atoms in total. The second kappa shape index (κ2) is 5.30. The van der Waals surface area contributed by atoms with Crippen LogP contribution in [0.25, 0.3) is 0 Å². The Labute approximate surface area is 126 Å². The number of amides is 1. The normalized spacial score (nSPS) is 24.0. The third-order valence-corrected chi connectivity index (χ3v) is 4.77. The molecule has 1 atom stereocenters. The van der Waals surface area contributed by atoms with Crippen LogP contribution in [0.3, 0.4) is 0 Å². The lowest BCUT2D eigenvalue weighted by molar-refractivity contribution is -0.133. The van der Waals surface area contributed by atoms with Crippen LogP contribution in [-0.2, 0) is 11.3 Å². The Hall–Kier alpha value is -1.62. The van der Waals surface area contributed by atoms with Gasteiger partial charge in [0.15, 0.2) is 0 Å². The van der Waals surface area contributed by atoms with Gasteiger partial charge in [-0.3, -0.25) is 4.79 Å². The smallest absolute Gasteiger partial charge is 0.226 e. The van der Waals surface area contributed by atoms with Crippen molar-refractivity contribution >= 4 is 11.7 Å². The molecule has 2 aliphatic rings. The average Bonchev–Trinajstić information content (AvgIpc) is 3.15. The highest BCUT2D eigenvalue weighted by atomic mass is 16.2. The van der Waals surface area contributed by atoms with Gasteiger partial charge in [0, 0.05) is 44.8 Å². The lowest BCUT2D eigenvalue weighted by Crippen LogP contribution is -2.49. The number of piperazine rings is 1. The Bertz CT molecular complexity index is 518. The molecule has 1 aromatic heterocycles. The van der Waals surface area contributed by atoms with Crippen LogP contribution >= 0.6 is 0 Å². The van der Waals surface area contributed by atoms with E-state index >= 15 is 0 Å². The fraction of sp³-hybridized carbons (Fsp3) is 0.625. The third-order valence-electron chi connectivity index (χ3n) is 4.77. The monoisotopic (exact) mass is 288 g/mol. The molecule has 3 rings (SSSR count). The number of pyridine rings is 1. The van der Waals surface area contributed by atoms with Gasteiger partial charge in [-0.2, -0.15) is 0 Å². The van der Waals surface area contributed by atoms with Gasteiger partial charge in [-0.25, -0.2) is 4.98 Å². The largest absolute Gasteiger partial charge is 0.353 e. The van der Waals surface area contributed by atoms with Crippen molar-refractivity contribution in [3.63, 3.8) is 0 Å². The summed E-state index contributed by atoms with van der Waals surface area (Å²) in [6, 6.07) is 4.04. The highest BCUT2D eigenvalue weighted by molar-refractivity contribution is 5.82.